The summed E-state index contributed by atoms with van der Waals surface area (Å²) in [5, 5.41) is 10.4. The Balaban J connectivity index is 1.42. The van der Waals surface area contributed by atoms with Crippen LogP contribution in [-0.2, 0) is 0 Å². The lowest BCUT2D eigenvalue weighted by Gasteiger charge is -2.61. The first-order valence-electron chi connectivity index (χ1n) is 14.7. The van der Waals surface area contributed by atoms with Crippen molar-refractivity contribution in [1.29, 1.82) is 0 Å². The summed E-state index contributed by atoms with van der Waals surface area (Å²) in [5.41, 5.74) is 0.741. The molecule has 1 unspecified atom stereocenters. The molecule has 4 rings (SSSR count). The highest BCUT2D eigenvalue weighted by Crippen LogP contribution is 2.68. The van der Waals surface area contributed by atoms with E-state index in [0.717, 1.165) is 41.9 Å². The van der Waals surface area contributed by atoms with Crippen LogP contribution in [0, 0.1) is 58.2 Å². The van der Waals surface area contributed by atoms with Gasteiger partial charge in [0.1, 0.15) is 0 Å². The molecule has 186 valence electrons. The van der Waals surface area contributed by atoms with Crippen LogP contribution in [-0.4, -0.2) is 10.7 Å². The zero-order valence-corrected chi connectivity index (χ0v) is 22.8. The summed E-state index contributed by atoms with van der Waals surface area (Å²) in [6.45, 7) is 16.7. The molecule has 0 aromatic carbocycles. The van der Waals surface area contributed by atoms with Gasteiger partial charge < -0.3 is 5.11 Å². The van der Waals surface area contributed by atoms with Crippen molar-refractivity contribution in [1.82, 2.24) is 0 Å². The second-order valence-corrected chi connectivity index (χ2v) is 14.7. The third kappa shape index (κ3) is 4.59. The first-order chi connectivity index (χ1) is 15.0. The van der Waals surface area contributed by atoms with Crippen LogP contribution in [0.3, 0.4) is 0 Å². The summed E-state index contributed by atoms with van der Waals surface area (Å²) in [5.74, 6) is 7.20. The molecule has 0 aromatic heterocycles. The number of fused-ring (bicyclic) bond motifs is 5. The summed E-state index contributed by atoms with van der Waals surface area (Å²) in [4.78, 5) is 0. The molecule has 1 N–H and O–H groups in total. The molecule has 0 spiro atoms. The lowest BCUT2D eigenvalue weighted by molar-refractivity contribution is -0.114. The highest BCUT2D eigenvalue weighted by atomic mass is 16.3. The third-order valence-electron chi connectivity index (χ3n) is 12.0. The minimum atomic E-state index is -0.533. The van der Waals surface area contributed by atoms with Gasteiger partial charge >= 0.3 is 0 Å². The van der Waals surface area contributed by atoms with E-state index >= 15 is 0 Å². The van der Waals surface area contributed by atoms with Crippen molar-refractivity contribution >= 4 is 0 Å². The van der Waals surface area contributed by atoms with Gasteiger partial charge in [-0.1, -0.05) is 53.9 Å². The van der Waals surface area contributed by atoms with Gasteiger partial charge in [0, 0.05) is 0 Å². The molecule has 0 bridgehead atoms. The lowest BCUT2D eigenvalue weighted by atomic mass is 9.44. The van der Waals surface area contributed by atoms with Crippen LogP contribution in [0.15, 0.2) is 0 Å². The standard InChI is InChI=1S/C31H56O/c1-21(2)23(20-29(4,5)32)12-11-22(3)26-15-16-27-25-14-13-24-10-8-9-18-30(24,6)28(25)17-19-31(26,27)7/h21-28,32H,8-20H2,1-7H3/t22-,23+,24?,25+,26-,27+,28+,30+,31-/m1/s1. The Kier molecular flexibility index (Phi) is 7.21. The van der Waals surface area contributed by atoms with Crippen LogP contribution in [0.25, 0.3) is 0 Å². The van der Waals surface area contributed by atoms with Crippen LogP contribution in [0.5, 0.6) is 0 Å². The third-order valence-corrected chi connectivity index (χ3v) is 12.0. The largest absolute Gasteiger partial charge is 0.390 e. The molecule has 4 fully saturated rings. The number of hydrogen-bond donors (Lipinski definition) is 1. The fourth-order valence-corrected chi connectivity index (χ4v) is 10.3. The molecule has 4 aliphatic carbocycles. The van der Waals surface area contributed by atoms with E-state index in [-0.39, 0.29) is 0 Å². The molecule has 1 heteroatoms. The van der Waals surface area contributed by atoms with Gasteiger partial charge in [0.05, 0.1) is 5.60 Å². The van der Waals surface area contributed by atoms with Crippen molar-refractivity contribution in [3.8, 4) is 0 Å². The van der Waals surface area contributed by atoms with Crippen LogP contribution >= 0.6 is 0 Å². The molecular weight excluding hydrogens is 388 g/mol. The topological polar surface area (TPSA) is 20.2 Å². The molecule has 0 saturated heterocycles. The van der Waals surface area contributed by atoms with Crippen molar-refractivity contribution in [2.75, 3.05) is 0 Å². The maximum atomic E-state index is 10.4. The maximum absolute atomic E-state index is 10.4. The quantitative estimate of drug-likeness (QED) is 0.415. The van der Waals surface area contributed by atoms with Crippen LogP contribution in [0.1, 0.15) is 132 Å². The smallest absolute Gasteiger partial charge is 0.0594 e. The van der Waals surface area contributed by atoms with E-state index in [1.165, 1.54) is 70.6 Å². The maximum Gasteiger partial charge on any atom is 0.0594 e. The minimum Gasteiger partial charge on any atom is -0.390 e. The first-order valence-corrected chi connectivity index (χ1v) is 14.7. The van der Waals surface area contributed by atoms with Gasteiger partial charge in [-0.25, -0.2) is 0 Å². The van der Waals surface area contributed by atoms with Gasteiger partial charge in [-0.2, -0.15) is 0 Å². The summed E-state index contributed by atoms with van der Waals surface area (Å²) in [6.07, 6.45) is 18.8. The fourth-order valence-electron chi connectivity index (χ4n) is 10.3. The summed E-state index contributed by atoms with van der Waals surface area (Å²) >= 11 is 0. The van der Waals surface area contributed by atoms with Crippen molar-refractivity contribution < 1.29 is 5.11 Å². The molecule has 9 atom stereocenters. The molecule has 4 saturated carbocycles. The van der Waals surface area contributed by atoms with Crippen LogP contribution < -0.4 is 0 Å². The Labute approximate surface area is 200 Å². The number of hydrogen-bond acceptors (Lipinski definition) is 1. The van der Waals surface area contributed by atoms with E-state index in [0.29, 0.717) is 22.7 Å². The van der Waals surface area contributed by atoms with Crippen molar-refractivity contribution in [2.45, 2.75) is 138 Å². The summed E-state index contributed by atoms with van der Waals surface area (Å²) in [7, 11) is 0. The minimum absolute atomic E-state index is 0.533. The number of aliphatic hydroxyl groups is 1. The second kappa shape index (κ2) is 9.20. The van der Waals surface area contributed by atoms with Gasteiger partial charge in [0.2, 0.25) is 0 Å². The average Bonchev–Trinajstić information content (AvgIpc) is 3.06. The van der Waals surface area contributed by atoms with Crippen molar-refractivity contribution in [3.05, 3.63) is 0 Å². The van der Waals surface area contributed by atoms with E-state index in [4.69, 9.17) is 0 Å². The first kappa shape index (κ1) is 25.1. The van der Waals surface area contributed by atoms with Gasteiger partial charge in [-0.05, 0) is 136 Å². The van der Waals surface area contributed by atoms with E-state index < -0.39 is 5.60 Å². The van der Waals surface area contributed by atoms with E-state index in [1.807, 2.05) is 13.8 Å². The molecule has 4 aliphatic rings. The van der Waals surface area contributed by atoms with E-state index in [1.54, 1.807) is 6.42 Å². The van der Waals surface area contributed by atoms with Crippen LogP contribution in [0.2, 0.25) is 0 Å². The van der Waals surface area contributed by atoms with Gasteiger partial charge in [0.15, 0.2) is 0 Å². The Bertz CT molecular complexity index is 631. The highest BCUT2D eigenvalue weighted by Gasteiger charge is 2.60. The van der Waals surface area contributed by atoms with E-state index in [9.17, 15) is 5.11 Å². The zero-order chi connectivity index (χ0) is 23.3. The summed E-state index contributed by atoms with van der Waals surface area (Å²) < 4.78 is 0. The SMILES string of the molecule is CC(C)[C@@H](CC[C@@H](C)[C@H]1CC[C@H]2[C@@H]3CCC4CCCC[C@]4(C)[C@H]3CC[C@]12C)CC(C)(C)O. The fraction of sp³-hybridized carbons (Fsp3) is 1.00. The second-order valence-electron chi connectivity index (χ2n) is 14.7. The molecule has 1 nitrogen and oxygen atoms in total. The number of rotatable bonds is 7. The summed E-state index contributed by atoms with van der Waals surface area (Å²) in [6, 6.07) is 0. The Morgan fingerprint density at radius 1 is 0.812 bits per heavy atom. The van der Waals surface area contributed by atoms with E-state index in [2.05, 4.69) is 34.6 Å². The molecule has 0 aromatic rings. The van der Waals surface area contributed by atoms with Gasteiger partial charge in [0.25, 0.3) is 0 Å². The zero-order valence-electron chi connectivity index (χ0n) is 22.8. The molecule has 0 radical (unpaired) electrons. The Morgan fingerprint density at radius 2 is 1.53 bits per heavy atom. The molecule has 32 heavy (non-hydrogen) atoms. The molecule has 0 aliphatic heterocycles. The Morgan fingerprint density at radius 3 is 2.22 bits per heavy atom. The highest BCUT2D eigenvalue weighted by molar-refractivity contribution is 5.09. The van der Waals surface area contributed by atoms with Crippen molar-refractivity contribution in [2.24, 2.45) is 58.2 Å². The lowest BCUT2D eigenvalue weighted by Crippen LogP contribution is -2.53. The molecule has 0 amide bonds. The van der Waals surface area contributed by atoms with Gasteiger partial charge in [-0.15, -0.1) is 0 Å². The monoisotopic (exact) mass is 444 g/mol. The predicted octanol–water partition coefficient (Wildman–Crippen LogP) is 8.88. The predicted molar refractivity (Wildman–Crippen MR) is 137 cm³/mol. The molecular formula is C31H56O. The average molecular weight is 445 g/mol. The molecule has 0 heterocycles. The van der Waals surface area contributed by atoms with Crippen LogP contribution in [0.4, 0.5) is 0 Å². The van der Waals surface area contributed by atoms with Crippen molar-refractivity contribution in [3.63, 3.8) is 0 Å². The van der Waals surface area contributed by atoms with Gasteiger partial charge in [-0.3, -0.25) is 0 Å². The normalized spacial score (nSPS) is 44.0. The Hall–Kier alpha value is -0.0400.